The summed E-state index contributed by atoms with van der Waals surface area (Å²) < 4.78 is 16.9. The summed E-state index contributed by atoms with van der Waals surface area (Å²) in [6.45, 7) is 3.03. The number of carbonyl (C=O) groups excluding carboxylic acids is 1. The maximum atomic E-state index is 11.9. The van der Waals surface area contributed by atoms with Gasteiger partial charge in [0, 0.05) is 23.1 Å². The maximum Gasteiger partial charge on any atom is 0.310 e. The molecule has 4 rings (SSSR count). The summed E-state index contributed by atoms with van der Waals surface area (Å²) in [6, 6.07) is 21.7. The summed E-state index contributed by atoms with van der Waals surface area (Å²) in [5.41, 5.74) is 11.6. The molecule has 4 aromatic rings. The molecule has 1 aromatic heterocycles. The molecular formula is C26H25NO4. The maximum absolute atomic E-state index is 11.9. The minimum atomic E-state index is -0.261. The van der Waals surface area contributed by atoms with Crippen LogP contribution in [0.25, 0.3) is 22.1 Å². The Balaban J connectivity index is 1.56. The van der Waals surface area contributed by atoms with E-state index in [0.717, 1.165) is 38.8 Å². The van der Waals surface area contributed by atoms with Crippen LogP contribution in [0.4, 0.5) is 0 Å². The molecule has 0 saturated heterocycles. The Kier molecular flexibility index (Phi) is 6.34. The molecule has 0 aliphatic rings. The molecule has 0 aliphatic carbocycles. The number of rotatable bonds is 8. The van der Waals surface area contributed by atoms with E-state index in [1.165, 1.54) is 0 Å². The average Bonchev–Trinajstić information content (AvgIpc) is 3.22. The predicted molar refractivity (Wildman–Crippen MR) is 121 cm³/mol. The molecule has 0 saturated carbocycles. The van der Waals surface area contributed by atoms with Crippen LogP contribution in [-0.4, -0.2) is 12.6 Å². The lowest BCUT2D eigenvalue weighted by Crippen LogP contribution is -2.09. The molecule has 0 atom stereocenters. The van der Waals surface area contributed by atoms with E-state index < -0.39 is 0 Å². The lowest BCUT2D eigenvalue weighted by atomic mass is 10.0. The first kappa shape index (κ1) is 20.7. The molecule has 0 unspecified atom stereocenters. The molecule has 0 radical (unpaired) electrons. The zero-order chi connectivity index (χ0) is 21.6. The van der Waals surface area contributed by atoms with Crippen LogP contribution in [0, 0.1) is 0 Å². The minimum absolute atomic E-state index is 0.187. The van der Waals surface area contributed by atoms with Crippen molar-refractivity contribution in [3.8, 4) is 16.9 Å². The molecule has 0 bridgehead atoms. The lowest BCUT2D eigenvalue weighted by Gasteiger charge is -2.11. The summed E-state index contributed by atoms with van der Waals surface area (Å²) in [5, 5.41) is 1.02. The number of fused-ring (bicyclic) bond motifs is 1. The van der Waals surface area contributed by atoms with E-state index in [2.05, 4.69) is 18.2 Å². The van der Waals surface area contributed by atoms with Crippen molar-refractivity contribution in [3.05, 3.63) is 89.7 Å². The number of hydrogen-bond acceptors (Lipinski definition) is 5. The zero-order valence-corrected chi connectivity index (χ0v) is 17.5. The third-order valence-electron chi connectivity index (χ3n) is 5.12. The SMILES string of the molecule is CCOC(=O)Cc1ccccc1OCc1ccc2occ(-c3cccc(CN)c3)c2c1. The normalized spacial score (nSPS) is 10.9. The largest absolute Gasteiger partial charge is 0.489 e. The summed E-state index contributed by atoms with van der Waals surface area (Å²) in [5.74, 6) is 0.418. The third kappa shape index (κ3) is 4.78. The molecule has 2 N–H and O–H groups in total. The summed E-state index contributed by atoms with van der Waals surface area (Å²) in [4.78, 5) is 11.9. The second kappa shape index (κ2) is 9.49. The first-order valence-electron chi connectivity index (χ1n) is 10.3. The predicted octanol–water partition coefficient (Wildman–Crippen LogP) is 5.24. The Morgan fingerprint density at radius 3 is 2.71 bits per heavy atom. The Labute approximate surface area is 181 Å². The van der Waals surface area contributed by atoms with Gasteiger partial charge in [-0.1, -0.05) is 42.5 Å². The summed E-state index contributed by atoms with van der Waals surface area (Å²) in [7, 11) is 0. The standard InChI is InChI=1S/C26H25NO4/c1-2-29-26(28)14-21-7-3-4-9-24(21)30-16-19-10-11-25-22(13-19)23(17-31-25)20-8-5-6-18(12-20)15-27/h3-13,17H,2,14-16,27H2,1H3. The molecule has 3 aromatic carbocycles. The number of hydrogen-bond donors (Lipinski definition) is 1. The van der Waals surface area contributed by atoms with Crippen LogP contribution in [0.1, 0.15) is 23.6 Å². The highest BCUT2D eigenvalue weighted by molar-refractivity contribution is 5.94. The van der Waals surface area contributed by atoms with Crippen molar-refractivity contribution in [1.29, 1.82) is 0 Å². The molecule has 0 aliphatic heterocycles. The number of para-hydroxylation sites is 1. The van der Waals surface area contributed by atoms with Crippen LogP contribution >= 0.6 is 0 Å². The topological polar surface area (TPSA) is 74.7 Å². The van der Waals surface area contributed by atoms with Crippen LogP contribution in [0.15, 0.2) is 77.4 Å². The number of ether oxygens (including phenoxy) is 2. The monoisotopic (exact) mass is 415 g/mol. The minimum Gasteiger partial charge on any atom is -0.489 e. The highest BCUT2D eigenvalue weighted by atomic mass is 16.5. The van der Waals surface area contributed by atoms with E-state index in [4.69, 9.17) is 19.6 Å². The fraction of sp³-hybridized carbons (Fsp3) is 0.192. The van der Waals surface area contributed by atoms with Crippen LogP contribution in [-0.2, 0) is 29.1 Å². The van der Waals surface area contributed by atoms with Gasteiger partial charge in [-0.3, -0.25) is 4.79 Å². The van der Waals surface area contributed by atoms with E-state index in [0.29, 0.717) is 25.5 Å². The highest BCUT2D eigenvalue weighted by Gasteiger charge is 2.12. The zero-order valence-electron chi connectivity index (χ0n) is 17.5. The number of carbonyl (C=O) groups is 1. The van der Waals surface area contributed by atoms with Gasteiger partial charge in [-0.2, -0.15) is 0 Å². The molecule has 0 amide bonds. The summed E-state index contributed by atoms with van der Waals surface area (Å²) in [6.07, 6.45) is 1.96. The van der Waals surface area contributed by atoms with Crippen molar-refractivity contribution in [2.24, 2.45) is 5.73 Å². The van der Waals surface area contributed by atoms with Crippen LogP contribution < -0.4 is 10.5 Å². The Morgan fingerprint density at radius 2 is 1.87 bits per heavy atom. The van der Waals surface area contributed by atoms with E-state index in [-0.39, 0.29) is 12.4 Å². The van der Waals surface area contributed by atoms with Gasteiger partial charge in [-0.05, 0) is 47.9 Å². The highest BCUT2D eigenvalue weighted by Crippen LogP contribution is 2.32. The molecular weight excluding hydrogens is 390 g/mol. The van der Waals surface area contributed by atoms with Crippen molar-refractivity contribution in [2.45, 2.75) is 26.5 Å². The van der Waals surface area contributed by atoms with Gasteiger partial charge in [0.2, 0.25) is 0 Å². The van der Waals surface area contributed by atoms with Crippen molar-refractivity contribution >= 4 is 16.9 Å². The molecule has 5 heteroatoms. The van der Waals surface area contributed by atoms with E-state index in [1.54, 1.807) is 13.2 Å². The van der Waals surface area contributed by atoms with Crippen LogP contribution in [0.5, 0.6) is 5.75 Å². The molecule has 1 heterocycles. The van der Waals surface area contributed by atoms with Gasteiger partial charge in [-0.15, -0.1) is 0 Å². The fourth-order valence-corrected chi connectivity index (χ4v) is 3.57. The smallest absolute Gasteiger partial charge is 0.310 e. The van der Waals surface area contributed by atoms with E-state index >= 15 is 0 Å². The van der Waals surface area contributed by atoms with Gasteiger partial charge < -0.3 is 19.6 Å². The lowest BCUT2D eigenvalue weighted by molar-refractivity contribution is -0.142. The fourth-order valence-electron chi connectivity index (χ4n) is 3.57. The quantitative estimate of drug-likeness (QED) is 0.398. The van der Waals surface area contributed by atoms with Crippen molar-refractivity contribution in [1.82, 2.24) is 0 Å². The third-order valence-corrected chi connectivity index (χ3v) is 5.12. The molecule has 0 fully saturated rings. The van der Waals surface area contributed by atoms with E-state index in [9.17, 15) is 4.79 Å². The van der Waals surface area contributed by atoms with Crippen molar-refractivity contribution in [2.75, 3.05) is 6.61 Å². The van der Waals surface area contributed by atoms with Gasteiger partial charge in [-0.25, -0.2) is 0 Å². The number of furan rings is 1. The molecule has 158 valence electrons. The van der Waals surface area contributed by atoms with Crippen molar-refractivity contribution < 1.29 is 18.7 Å². The van der Waals surface area contributed by atoms with Crippen molar-refractivity contribution in [3.63, 3.8) is 0 Å². The summed E-state index contributed by atoms with van der Waals surface area (Å²) >= 11 is 0. The van der Waals surface area contributed by atoms with Gasteiger partial charge in [0.1, 0.15) is 17.9 Å². The Morgan fingerprint density at radius 1 is 1.00 bits per heavy atom. The second-order valence-corrected chi connectivity index (χ2v) is 7.26. The average molecular weight is 415 g/mol. The number of nitrogens with two attached hydrogens (primary N) is 1. The first-order valence-corrected chi connectivity index (χ1v) is 10.3. The number of esters is 1. The van der Waals surface area contributed by atoms with E-state index in [1.807, 2.05) is 48.5 Å². The van der Waals surface area contributed by atoms with Gasteiger partial charge >= 0.3 is 5.97 Å². The van der Waals surface area contributed by atoms with Gasteiger partial charge in [0.15, 0.2) is 0 Å². The van der Waals surface area contributed by atoms with Gasteiger partial charge in [0.25, 0.3) is 0 Å². The second-order valence-electron chi connectivity index (χ2n) is 7.26. The first-order chi connectivity index (χ1) is 15.2. The Hall–Kier alpha value is -3.57. The Bertz CT molecular complexity index is 1190. The van der Waals surface area contributed by atoms with Crippen LogP contribution in [0.2, 0.25) is 0 Å². The molecule has 31 heavy (non-hydrogen) atoms. The molecule has 5 nitrogen and oxygen atoms in total. The van der Waals surface area contributed by atoms with Crippen LogP contribution in [0.3, 0.4) is 0 Å². The number of benzene rings is 3. The van der Waals surface area contributed by atoms with Gasteiger partial charge in [0.05, 0.1) is 19.3 Å². The molecule has 0 spiro atoms.